The molecule has 1 rings (SSSR count). The second-order valence-corrected chi connectivity index (χ2v) is 4.98. The average molecular weight is 257 g/mol. The smallest absolute Gasteiger partial charge is 0.316 e. The highest BCUT2D eigenvalue weighted by molar-refractivity contribution is 5.73. The molecule has 104 valence electrons. The van der Waals surface area contributed by atoms with Crippen LogP contribution in [-0.4, -0.2) is 55.2 Å². The van der Waals surface area contributed by atoms with Gasteiger partial charge in [0.25, 0.3) is 0 Å². The van der Waals surface area contributed by atoms with Gasteiger partial charge in [-0.25, -0.2) is 4.79 Å². The molecule has 0 aromatic carbocycles. The zero-order chi connectivity index (χ0) is 13.5. The van der Waals surface area contributed by atoms with Crippen molar-refractivity contribution in [3.8, 4) is 0 Å². The Bertz CT molecular complexity index is 294. The van der Waals surface area contributed by atoms with Crippen LogP contribution in [0, 0.1) is 5.92 Å². The lowest BCUT2D eigenvalue weighted by Gasteiger charge is -2.27. The number of nitrogens with zero attached hydrogens (tertiary/aromatic N) is 1. The van der Waals surface area contributed by atoms with Crippen molar-refractivity contribution in [1.82, 2.24) is 15.5 Å². The van der Waals surface area contributed by atoms with Crippen LogP contribution >= 0.6 is 0 Å². The fourth-order valence-corrected chi connectivity index (χ4v) is 2.20. The Morgan fingerprint density at radius 3 is 2.61 bits per heavy atom. The Labute approximate surface area is 108 Å². The highest BCUT2D eigenvalue weighted by atomic mass is 16.4. The molecule has 2 unspecified atom stereocenters. The topological polar surface area (TPSA) is 81.7 Å². The van der Waals surface area contributed by atoms with Crippen molar-refractivity contribution in [2.45, 2.75) is 31.7 Å². The number of amides is 2. The maximum absolute atomic E-state index is 11.2. The second kappa shape index (κ2) is 7.20. The number of carboxylic acid groups (broad SMARTS) is 1. The van der Waals surface area contributed by atoms with Gasteiger partial charge in [0.05, 0.1) is 5.92 Å². The largest absolute Gasteiger partial charge is 0.481 e. The lowest BCUT2D eigenvalue weighted by atomic mass is 9.86. The predicted molar refractivity (Wildman–Crippen MR) is 68.5 cm³/mol. The number of carboxylic acids is 1. The van der Waals surface area contributed by atoms with Gasteiger partial charge in [-0.3, -0.25) is 4.79 Å². The fraction of sp³-hybridized carbons (Fsp3) is 0.833. The molecule has 3 N–H and O–H groups in total. The molecule has 2 atom stereocenters. The van der Waals surface area contributed by atoms with Gasteiger partial charge in [0.15, 0.2) is 0 Å². The van der Waals surface area contributed by atoms with Crippen LogP contribution in [0.5, 0.6) is 0 Å². The molecular formula is C12H23N3O3. The molecule has 6 nitrogen and oxygen atoms in total. The molecule has 0 aromatic rings. The van der Waals surface area contributed by atoms with Crippen molar-refractivity contribution < 1.29 is 14.7 Å². The van der Waals surface area contributed by atoms with Crippen LogP contribution in [0.3, 0.4) is 0 Å². The molecule has 2 amide bonds. The normalized spacial score (nSPS) is 23.4. The molecule has 0 aromatic heterocycles. The summed E-state index contributed by atoms with van der Waals surface area (Å²) < 4.78 is 0. The Morgan fingerprint density at radius 2 is 2.00 bits per heavy atom. The minimum atomic E-state index is -0.692. The first-order valence-corrected chi connectivity index (χ1v) is 6.42. The molecular weight excluding hydrogens is 234 g/mol. The zero-order valence-corrected chi connectivity index (χ0v) is 11.1. The monoisotopic (exact) mass is 257 g/mol. The summed E-state index contributed by atoms with van der Waals surface area (Å²) in [6, 6.07) is 0.153. The summed E-state index contributed by atoms with van der Waals surface area (Å²) in [6.45, 7) is 1.24. The van der Waals surface area contributed by atoms with Gasteiger partial charge in [0.1, 0.15) is 0 Å². The number of aliphatic carboxylic acids is 1. The molecule has 1 aliphatic rings. The number of rotatable bonds is 5. The van der Waals surface area contributed by atoms with Gasteiger partial charge >= 0.3 is 12.0 Å². The maximum Gasteiger partial charge on any atom is 0.316 e. The summed E-state index contributed by atoms with van der Waals surface area (Å²) in [4.78, 5) is 23.6. The second-order valence-electron chi connectivity index (χ2n) is 4.98. The first-order valence-electron chi connectivity index (χ1n) is 6.42. The molecule has 0 saturated heterocycles. The van der Waals surface area contributed by atoms with Crippen molar-refractivity contribution in [2.24, 2.45) is 5.92 Å². The van der Waals surface area contributed by atoms with Crippen LogP contribution < -0.4 is 10.6 Å². The summed E-state index contributed by atoms with van der Waals surface area (Å²) in [5, 5.41) is 15.0. The van der Waals surface area contributed by atoms with Crippen LogP contribution in [0.25, 0.3) is 0 Å². The molecule has 0 radical (unpaired) electrons. The Balaban J connectivity index is 2.15. The summed E-state index contributed by atoms with van der Waals surface area (Å²) in [6.07, 6.45) is 3.45. The van der Waals surface area contributed by atoms with Gasteiger partial charge in [-0.1, -0.05) is 6.42 Å². The summed E-state index contributed by atoms with van der Waals surface area (Å²) in [5.41, 5.74) is 0. The highest BCUT2D eigenvalue weighted by Gasteiger charge is 2.26. The third-order valence-electron chi connectivity index (χ3n) is 3.26. The zero-order valence-electron chi connectivity index (χ0n) is 11.1. The Kier molecular flexibility index (Phi) is 5.91. The van der Waals surface area contributed by atoms with Gasteiger partial charge in [0.2, 0.25) is 0 Å². The van der Waals surface area contributed by atoms with Crippen LogP contribution in [0.2, 0.25) is 0 Å². The minimum Gasteiger partial charge on any atom is -0.481 e. The molecule has 6 heteroatoms. The van der Waals surface area contributed by atoms with Crippen LogP contribution in [0.15, 0.2) is 0 Å². The number of carbonyl (C=O) groups is 2. The summed E-state index contributed by atoms with van der Waals surface area (Å²) in [5.74, 6) is -0.907. The van der Waals surface area contributed by atoms with E-state index in [0.29, 0.717) is 19.5 Å². The van der Waals surface area contributed by atoms with Crippen LogP contribution in [0.1, 0.15) is 25.7 Å². The molecule has 0 heterocycles. The molecule has 0 aliphatic heterocycles. The van der Waals surface area contributed by atoms with Gasteiger partial charge in [0, 0.05) is 33.2 Å². The van der Waals surface area contributed by atoms with Crippen LogP contribution in [-0.2, 0) is 4.79 Å². The van der Waals surface area contributed by atoms with Crippen molar-refractivity contribution in [2.75, 3.05) is 27.2 Å². The molecule has 0 spiro atoms. The van der Waals surface area contributed by atoms with E-state index in [2.05, 4.69) is 10.6 Å². The molecule has 1 aliphatic carbocycles. The van der Waals surface area contributed by atoms with E-state index in [1.165, 1.54) is 4.90 Å². The van der Waals surface area contributed by atoms with Crippen LogP contribution in [0.4, 0.5) is 4.79 Å². The fourth-order valence-electron chi connectivity index (χ4n) is 2.20. The minimum absolute atomic E-state index is 0.108. The Hall–Kier alpha value is -1.30. The van der Waals surface area contributed by atoms with Crippen molar-refractivity contribution in [3.05, 3.63) is 0 Å². The number of hydrogen-bond acceptors (Lipinski definition) is 3. The van der Waals surface area contributed by atoms with E-state index in [-0.39, 0.29) is 18.0 Å². The van der Waals surface area contributed by atoms with Gasteiger partial charge in [-0.05, 0) is 19.3 Å². The van der Waals surface area contributed by atoms with E-state index in [0.717, 1.165) is 19.3 Å². The molecule has 1 fully saturated rings. The van der Waals surface area contributed by atoms with E-state index >= 15 is 0 Å². The third-order valence-corrected chi connectivity index (χ3v) is 3.26. The molecule has 1 saturated carbocycles. The van der Waals surface area contributed by atoms with Gasteiger partial charge in [-0.2, -0.15) is 0 Å². The first kappa shape index (κ1) is 14.8. The highest BCUT2D eigenvalue weighted by Crippen LogP contribution is 2.24. The van der Waals surface area contributed by atoms with Crippen molar-refractivity contribution in [3.63, 3.8) is 0 Å². The van der Waals surface area contributed by atoms with E-state index in [9.17, 15) is 9.59 Å². The van der Waals surface area contributed by atoms with Gasteiger partial charge in [-0.15, -0.1) is 0 Å². The molecule has 0 bridgehead atoms. The van der Waals surface area contributed by atoms with E-state index < -0.39 is 5.97 Å². The SMILES string of the molecule is CN(C)C(=O)NCCNC1CCCC(C(=O)O)C1. The molecule has 18 heavy (non-hydrogen) atoms. The lowest BCUT2D eigenvalue weighted by molar-refractivity contribution is -0.143. The van der Waals surface area contributed by atoms with Crippen molar-refractivity contribution >= 4 is 12.0 Å². The summed E-state index contributed by atoms with van der Waals surface area (Å²) in [7, 11) is 3.39. The van der Waals surface area contributed by atoms with Crippen molar-refractivity contribution in [1.29, 1.82) is 0 Å². The van der Waals surface area contributed by atoms with Gasteiger partial charge < -0.3 is 20.6 Å². The third kappa shape index (κ3) is 4.91. The van der Waals surface area contributed by atoms with E-state index in [4.69, 9.17) is 5.11 Å². The first-order chi connectivity index (χ1) is 8.50. The Morgan fingerprint density at radius 1 is 1.28 bits per heavy atom. The summed E-state index contributed by atoms with van der Waals surface area (Å²) >= 11 is 0. The number of nitrogens with one attached hydrogen (secondary N) is 2. The van der Waals surface area contributed by atoms with E-state index in [1.807, 2.05) is 0 Å². The average Bonchev–Trinajstić information content (AvgIpc) is 2.34. The standard InChI is InChI=1S/C12H23N3O3/c1-15(2)12(18)14-7-6-13-10-5-3-4-9(8-10)11(16)17/h9-10,13H,3-8H2,1-2H3,(H,14,18)(H,16,17). The number of urea groups is 1. The maximum atomic E-state index is 11.2. The van der Waals surface area contributed by atoms with E-state index in [1.54, 1.807) is 14.1 Å². The predicted octanol–water partition coefficient (Wildman–Crippen LogP) is 0.491. The number of carbonyl (C=O) groups excluding carboxylic acids is 1. The number of hydrogen-bond donors (Lipinski definition) is 3. The quantitative estimate of drug-likeness (QED) is 0.626. The lowest BCUT2D eigenvalue weighted by Crippen LogP contribution is -2.42.